The highest BCUT2D eigenvalue weighted by molar-refractivity contribution is 6.31. The molecule has 0 bridgehead atoms. The Morgan fingerprint density at radius 1 is 1.21 bits per heavy atom. The Morgan fingerprint density at radius 2 is 2.04 bits per heavy atom. The van der Waals surface area contributed by atoms with Gasteiger partial charge in [-0.05, 0) is 29.8 Å². The van der Waals surface area contributed by atoms with E-state index in [1.165, 1.54) is 18.5 Å². The van der Waals surface area contributed by atoms with E-state index in [9.17, 15) is 9.59 Å². The number of halogens is 1. The third kappa shape index (κ3) is 4.96. The number of rotatable bonds is 6. The number of nitrogens with one attached hydrogen (secondary N) is 1. The fourth-order valence-electron chi connectivity index (χ4n) is 2.43. The van der Waals surface area contributed by atoms with Crippen LogP contribution in [-0.4, -0.2) is 28.3 Å². The maximum atomic E-state index is 12.1. The first-order chi connectivity index (χ1) is 13.5. The highest BCUT2D eigenvalue weighted by atomic mass is 35.5. The minimum Gasteiger partial charge on any atom is -0.452 e. The number of amides is 1. The van der Waals surface area contributed by atoms with Gasteiger partial charge >= 0.3 is 5.97 Å². The highest BCUT2D eigenvalue weighted by Gasteiger charge is 2.13. The van der Waals surface area contributed by atoms with Gasteiger partial charge in [-0.15, -0.1) is 0 Å². The van der Waals surface area contributed by atoms with Crippen LogP contribution in [0.25, 0.3) is 0 Å². The van der Waals surface area contributed by atoms with Gasteiger partial charge in [0.15, 0.2) is 6.61 Å². The van der Waals surface area contributed by atoms with E-state index >= 15 is 0 Å². The lowest BCUT2D eigenvalue weighted by molar-refractivity contribution is -0.119. The molecule has 1 heterocycles. The van der Waals surface area contributed by atoms with Crippen LogP contribution in [0.1, 0.15) is 21.5 Å². The number of carbonyl (C=O) groups excluding carboxylic acids is 2. The topological polar surface area (TPSA) is 97.0 Å². The van der Waals surface area contributed by atoms with E-state index in [0.29, 0.717) is 22.8 Å². The van der Waals surface area contributed by atoms with Gasteiger partial charge in [0.05, 0.1) is 29.9 Å². The van der Waals surface area contributed by atoms with Crippen LogP contribution in [0.3, 0.4) is 0 Å². The number of carbonyl (C=O) groups is 2. The lowest BCUT2D eigenvalue weighted by atomic mass is 10.2. The fourth-order valence-corrected chi connectivity index (χ4v) is 2.63. The molecule has 2 aromatic carbocycles. The summed E-state index contributed by atoms with van der Waals surface area (Å²) in [6.45, 7) is -0.0476. The molecule has 0 unspecified atom stereocenters. The number of nitrogens with zero attached hydrogens (tertiary/aromatic N) is 3. The third-order valence-corrected chi connectivity index (χ3v) is 4.14. The van der Waals surface area contributed by atoms with E-state index < -0.39 is 18.5 Å². The normalized spacial score (nSPS) is 10.1. The van der Waals surface area contributed by atoms with Crippen LogP contribution in [0.5, 0.6) is 0 Å². The number of hydrogen-bond acceptors (Lipinski definition) is 5. The van der Waals surface area contributed by atoms with Crippen LogP contribution in [0.2, 0.25) is 5.02 Å². The summed E-state index contributed by atoms with van der Waals surface area (Å²) < 4.78 is 6.57. The van der Waals surface area contributed by atoms with Crippen molar-refractivity contribution < 1.29 is 14.3 Å². The molecular formula is C20H15ClN4O3. The Balaban J connectivity index is 1.54. The van der Waals surface area contributed by atoms with Crippen molar-refractivity contribution in [3.8, 4) is 6.07 Å². The molecule has 1 N–H and O–H groups in total. The van der Waals surface area contributed by atoms with Crippen molar-refractivity contribution in [1.29, 1.82) is 5.26 Å². The summed E-state index contributed by atoms with van der Waals surface area (Å²) >= 11 is 6.12. The van der Waals surface area contributed by atoms with Crippen LogP contribution in [0, 0.1) is 11.3 Å². The first kappa shape index (κ1) is 19.1. The summed E-state index contributed by atoms with van der Waals surface area (Å²) in [7, 11) is 0. The summed E-state index contributed by atoms with van der Waals surface area (Å²) in [4.78, 5) is 24.0. The molecule has 3 rings (SSSR count). The summed E-state index contributed by atoms with van der Waals surface area (Å²) in [5.74, 6) is -1.17. The minimum absolute atomic E-state index is 0.228. The van der Waals surface area contributed by atoms with Gasteiger partial charge in [0.25, 0.3) is 5.91 Å². The molecule has 140 valence electrons. The number of benzene rings is 2. The van der Waals surface area contributed by atoms with Crippen LogP contribution in [0.4, 0.5) is 5.69 Å². The van der Waals surface area contributed by atoms with Gasteiger partial charge in [0.1, 0.15) is 0 Å². The number of esters is 1. The Bertz CT molecular complexity index is 1060. The van der Waals surface area contributed by atoms with Crippen LogP contribution in [-0.2, 0) is 16.1 Å². The van der Waals surface area contributed by atoms with Crippen molar-refractivity contribution in [2.45, 2.75) is 6.54 Å². The molecule has 0 aliphatic carbocycles. The van der Waals surface area contributed by atoms with Crippen molar-refractivity contribution in [3.63, 3.8) is 0 Å². The van der Waals surface area contributed by atoms with Crippen molar-refractivity contribution in [3.05, 3.63) is 82.6 Å². The Labute approximate surface area is 166 Å². The average molecular weight is 395 g/mol. The van der Waals surface area contributed by atoms with Crippen molar-refractivity contribution in [2.24, 2.45) is 0 Å². The van der Waals surface area contributed by atoms with E-state index in [-0.39, 0.29) is 5.56 Å². The molecule has 0 atom stereocenters. The van der Waals surface area contributed by atoms with Gasteiger partial charge in [0.2, 0.25) is 0 Å². The van der Waals surface area contributed by atoms with Crippen molar-refractivity contribution in [1.82, 2.24) is 9.78 Å². The lowest BCUT2D eigenvalue weighted by Gasteiger charge is -2.06. The molecule has 0 radical (unpaired) electrons. The predicted molar refractivity (Wildman–Crippen MR) is 103 cm³/mol. The predicted octanol–water partition coefficient (Wildman–Crippen LogP) is 3.25. The molecule has 0 saturated heterocycles. The number of nitriles is 1. The standard InChI is InChI=1S/C20H15ClN4O3/c21-18-7-2-1-5-15(18)11-25-12-16(10-23-25)20(27)28-13-19(26)24-17-6-3-4-14(8-17)9-22/h1-8,10,12H,11,13H2,(H,24,26). The van der Waals surface area contributed by atoms with E-state index in [1.54, 1.807) is 28.9 Å². The second-order valence-corrected chi connectivity index (χ2v) is 6.24. The monoisotopic (exact) mass is 394 g/mol. The van der Waals surface area contributed by atoms with Crippen LogP contribution < -0.4 is 5.32 Å². The first-order valence-electron chi connectivity index (χ1n) is 8.28. The summed E-state index contributed by atoms with van der Waals surface area (Å²) in [5.41, 5.74) is 1.96. The molecular weight excluding hydrogens is 380 g/mol. The molecule has 8 heteroatoms. The lowest BCUT2D eigenvalue weighted by Crippen LogP contribution is -2.20. The molecule has 0 aliphatic rings. The Kier molecular flexibility index (Phi) is 6.04. The molecule has 7 nitrogen and oxygen atoms in total. The molecule has 3 aromatic rings. The van der Waals surface area contributed by atoms with E-state index in [2.05, 4.69) is 10.4 Å². The van der Waals surface area contributed by atoms with Gasteiger partial charge in [-0.3, -0.25) is 9.48 Å². The second kappa shape index (κ2) is 8.84. The average Bonchev–Trinajstić information content (AvgIpc) is 3.17. The molecule has 0 fully saturated rings. The van der Waals surface area contributed by atoms with Crippen molar-refractivity contribution in [2.75, 3.05) is 11.9 Å². The number of hydrogen-bond donors (Lipinski definition) is 1. The van der Waals surface area contributed by atoms with Crippen molar-refractivity contribution >= 4 is 29.2 Å². The fraction of sp³-hybridized carbons (Fsp3) is 0.100. The molecule has 1 aromatic heterocycles. The zero-order chi connectivity index (χ0) is 19.9. The number of anilines is 1. The molecule has 28 heavy (non-hydrogen) atoms. The van der Waals surface area contributed by atoms with Gasteiger partial charge in [0, 0.05) is 16.9 Å². The molecule has 0 aliphatic heterocycles. The summed E-state index contributed by atoms with van der Waals surface area (Å²) in [6, 6.07) is 15.8. The zero-order valence-electron chi connectivity index (χ0n) is 14.6. The maximum absolute atomic E-state index is 12.1. The SMILES string of the molecule is N#Cc1cccc(NC(=O)COC(=O)c2cnn(Cc3ccccc3Cl)c2)c1. The highest BCUT2D eigenvalue weighted by Crippen LogP contribution is 2.16. The number of ether oxygens (including phenoxy) is 1. The smallest absolute Gasteiger partial charge is 0.341 e. The molecule has 0 spiro atoms. The van der Waals surface area contributed by atoms with Gasteiger partial charge in [-0.25, -0.2) is 4.79 Å². The van der Waals surface area contributed by atoms with E-state index in [4.69, 9.17) is 21.6 Å². The van der Waals surface area contributed by atoms with Gasteiger partial charge in [-0.1, -0.05) is 35.9 Å². The molecule has 0 saturated carbocycles. The zero-order valence-corrected chi connectivity index (χ0v) is 15.4. The van der Waals surface area contributed by atoms with Crippen LogP contribution >= 0.6 is 11.6 Å². The maximum Gasteiger partial charge on any atom is 0.341 e. The van der Waals surface area contributed by atoms with Gasteiger partial charge < -0.3 is 10.1 Å². The Morgan fingerprint density at radius 3 is 2.82 bits per heavy atom. The third-order valence-electron chi connectivity index (χ3n) is 3.77. The van der Waals surface area contributed by atoms with E-state index in [0.717, 1.165) is 5.56 Å². The van der Waals surface area contributed by atoms with E-state index in [1.807, 2.05) is 24.3 Å². The molecule has 1 amide bonds. The minimum atomic E-state index is -0.661. The number of aromatic nitrogens is 2. The first-order valence-corrected chi connectivity index (χ1v) is 8.66. The van der Waals surface area contributed by atoms with Gasteiger partial charge in [-0.2, -0.15) is 10.4 Å². The Hall–Kier alpha value is -3.63. The van der Waals surface area contributed by atoms with Crippen LogP contribution in [0.15, 0.2) is 60.9 Å². The largest absolute Gasteiger partial charge is 0.452 e. The second-order valence-electron chi connectivity index (χ2n) is 5.83. The summed E-state index contributed by atoms with van der Waals surface area (Å²) in [6.07, 6.45) is 2.90. The summed E-state index contributed by atoms with van der Waals surface area (Å²) in [5, 5.41) is 16.2. The quantitative estimate of drug-likeness (QED) is 0.647.